The Morgan fingerprint density at radius 1 is 1.39 bits per heavy atom. The number of methoxy groups -OCH3 is 1. The lowest BCUT2D eigenvalue weighted by molar-refractivity contribution is -0.385. The third-order valence-corrected chi connectivity index (χ3v) is 2.88. The van der Waals surface area contributed by atoms with Gasteiger partial charge in [0.2, 0.25) is 0 Å². The minimum atomic E-state index is -0.511. The zero-order chi connectivity index (χ0) is 17.4. The number of nitro benzene ring substituents is 1. The largest absolute Gasteiger partial charge is 0.497 e. The van der Waals surface area contributed by atoms with Gasteiger partial charge < -0.3 is 4.74 Å². The van der Waals surface area contributed by atoms with Gasteiger partial charge in [0, 0.05) is 18.0 Å². The summed E-state index contributed by atoms with van der Waals surface area (Å²) in [5.41, 5.74) is 0.583. The Balaban J connectivity index is 0.00000127. The van der Waals surface area contributed by atoms with Crippen LogP contribution in [0.4, 0.5) is 5.69 Å². The molecule has 0 fully saturated rings. The van der Waals surface area contributed by atoms with Crippen molar-refractivity contribution in [2.24, 2.45) is 0 Å². The molecule has 7 heteroatoms. The van der Waals surface area contributed by atoms with Gasteiger partial charge in [-0.1, -0.05) is 13.8 Å². The molecule has 1 aromatic carbocycles. The third-order valence-electron chi connectivity index (χ3n) is 2.88. The molecule has 1 aromatic heterocycles. The lowest BCUT2D eigenvalue weighted by atomic mass is 10.1. The average molecular weight is 317 g/mol. The van der Waals surface area contributed by atoms with Crippen LogP contribution in [0.15, 0.2) is 42.5 Å². The first-order valence-corrected chi connectivity index (χ1v) is 7.06. The number of carbonyl (C=O) groups is 1. The Kier molecular flexibility index (Phi) is 6.67. The van der Waals surface area contributed by atoms with Gasteiger partial charge >= 0.3 is 0 Å². The van der Waals surface area contributed by atoms with E-state index in [1.807, 2.05) is 13.8 Å². The number of nitro groups is 1. The van der Waals surface area contributed by atoms with Crippen molar-refractivity contribution in [3.8, 4) is 5.75 Å². The predicted octanol–water partition coefficient (Wildman–Crippen LogP) is 3.57. The molecule has 0 bridgehead atoms. The fourth-order valence-electron chi connectivity index (χ4n) is 1.81. The van der Waals surface area contributed by atoms with Gasteiger partial charge in [0.15, 0.2) is 0 Å². The second kappa shape index (κ2) is 8.47. The van der Waals surface area contributed by atoms with Gasteiger partial charge in [0.1, 0.15) is 12.1 Å². The molecule has 0 saturated carbocycles. The number of hydrogen-bond acceptors (Lipinski definition) is 5. The molecule has 0 aliphatic rings. The number of imidazole rings is 1. The van der Waals surface area contributed by atoms with E-state index in [1.54, 1.807) is 19.1 Å². The van der Waals surface area contributed by atoms with Crippen LogP contribution in [-0.4, -0.2) is 27.5 Å². The van der Waals surface area contributed by atoms with E-state index in [0.717, 1.165) is 0 Å². The van der Waals surface area contributed by atoms with Crippen LogP contribution in [0.3, 0.4) is 0 Å². The predicted molar refractivity (Wildman–Crippen MR) is 87.5 cm³/mol. The molecule has 2 rings (SSSR count). The highest BCUT2D eigenvalue weighted by atomic mass is 16.6. The minimum absolute atomic E-state index is 0.118. The maximum absolute atomic E-state index is 12.1. The van der Waals surface area contributed by atoms with Crippen LogP contribution >= 0.6 is 0 Å². The molecule has 2 aromatic rings. The van der Waals surface area contributed by atoms with Crippen molar-refractivity contribution in [2.45, 2.75) is 20.8 Å². The Morgan fingerprint density at radius 2 is 2.09 bits per heavy atom. The summed E-state index contributed by atoms with van der Waals surface area (Å²) in [7, 11) is 1.43. The number of carbonyl (C=O) groups excluding carboxylic acids is 1. The fraction of sp³-hybridized carbons (Fsp3) is 0.250. The van der Waals surface area contributed by atoms with Crippen LogP contribution in [0.5, 0.6) is 5.75 Å². The lowest BCUT2D eigenvalue weighted by Gasteiger charge is -2.04. The normalized spacial score (nSPS) is 10.5. The summed E-state index contributed by atoms with van der Waals surface area (Å²) in [6.45, 7) is 5.59. The molecule has 0 spiro atoms. The number of rotatable bonds is 4. The van der Waals surface area contributed by atoms with Crippen LogP contribution in [0.2, 0.25) is 0 Å². The topological polar surface area (TPSA) is 87.3 Å². The summed E-state index contributed by atoms with van der Waals surface area (Å²) in [5, 5.41) is 11.1. The first kappa shape index (κ1) is 18.1. The Labute approximate surface area is 134 Å². The highest BCUT2D eigenvalue weighted by Crippen LogP contribution is 2.26. The van der Waals surface area contributed by atoms with Crippen molar-refractivity contribution < 1.29 is 14.5 Å². The van der Waals surface area contributed by atoms with Crippen molar-refractivity contribution in [3.05, 3.63) is 58.2 Å². The van der Waals surface area contributed by atoms with Gasteiger partial charge in [0.25, 0.3) is 11.6 Å². The molecule has 0 aliphatic heterocycles. The maximum Gasteiger partial charge on any atom is 0.280 e. The molecule has 0 radical (unpaired) electrons. The highest BCUT2D eigenvalue weighted by molar-refractivity contribution is 5.99. The number of nitrogens with zero attached hydrogens (tertiary/aromatic N) is 3. The van der Waals surface area contributed by atoms with E-state index >= 15 is 0 Å². The van der Waals surface area contributed by atoms with E-state index in [1.165, 1.54) is 42.5 Å². The monoisotopic (exact) mass is 317 g/mol. The fourth-order valence-corrected chi connectivity index (χ4v) is 1.81. The highest BCUT2D eigenvalue weighted by Gasteiger charge is 2.15. The summed E-state index contributed by atoms with van der Waals surface area (Å²) in [6.07, 6.45) is 5.85. The average Bonchev–Trinajstić information content (AvgIpc) is 3.10. The molecule has 0 atom stereocenters. The van der Waals surface area contributed by atoms with Gasteiger partial charge in [-0.15, -0.1) is 0 Å². The third kappa shape index (κ3) is 4.50. The smallest absolute Gasteiger partial charge is 0.280 e. The molecule has 7 nitrogen and oxygen atoms in total. The van der Waals surface area contributed by atoms with Crippen molar-refractivity contribution in [2.75, 3.05) is 7.11 Å². The molecule has 0 aliphatic carbocycles. The number of ether oxygens (including phenoxy) is 1. The zero-order valence-electron chi connectivity index (χ0n) is 13.5. The molecule has 0 amide bonds. The van der Waals surface area contributed by atoms with Crippen LogP contribution in [0.25, 0.3) is 6.08 Å². The van der Waals surface area contributed by atoms with Gasteiger partial charge in [0.05, 0.1) is 23.7 Å². The Morgan fingerprint density at radius 3 is 2.61 bits per heavy atom. The van der Waals surface area contributed by atoms with Gasteiger partial charge in [-0.05, 0) is 25.1 Å². The standard InChI is InChI=1S/C14H13N3O4.C2H6/c1-10(14(18)16-6-5-15-9-16)7-11-3-4-12(21-2)8-13(11)17(19)20;1-2/h3-9H,1-2H3;1-2H3/b10-7+;. The van der Waals surface area contributed by atoms with E-state index in [0.29, 0.717) is 16.9 Å². The maximum atomic E-state index is 12.1. The van der Waals surface area contributed by atoms with E-state index < -0.39 is 4.92 Å². The Bertz CT molecular complexity index is 706. The molecule has 1 heterocycles. The van der Waals surface area contributed by atoms with Crippen molar-refractivity contribution >= 4 is 17.7 Å². The summed E-state index contributed by atoms with van der Waals surface area (Å²) < 4.78 is 6.27. The van der Waals surface area contributed by atoms with Gasteiger partial charge in [-0.25, -0.2) is 4.98 Å². The van der Waals surface area contributed by atoms with Gasteiger partial charge in [-0.2, -0.15) is 0 Å². The lowest BCUT2D eigenvalue weighted by Crippen LogP contribution is -2.09. The SMILES string of the molecule is CC.COc1ccc(/C=C(\C)C(=O)n2ccnc2)c([N+](=O)[O-])c1. The minimum Gasteiger partial charge on any atom is -0.497 e. The van der Waals surface area contributed by atoms with Crippen molar-refractivity contribution in [1.82, 2.24) is 9.55 Å². The molecular formula is C16H19N3O4. The quantitative estimate of drug-likeness (QED) is 0.488. The summed E-state index contributed by atoms with van der Waals surface area (Å²) >= 11 is 0. The van der Waals surface area contributed by atoms with E-state index in [-0.39, 0.29) is 11.6 Å². The first-order valence-electron chi connectivity index (χ1n) is 7.06. The summed E-state index contributed by atoms with van der Waals surface area (Å²) in [5.74, 6) is 0.0926. The van der Waals surface area contributed by atoms with Crippen molar-refractivity contribution in [3.63, 3.8) is 0 Å². The Hall–Kier alpha value is -2.96. The molecule has 0 saturated heterocycles. The first-order chi connectivity index (χ1) is 11.0. The second-order valence-corrected chi connectivity index (χ2v) is 4.28. The molecular weight excluding hydrogens is 298 g/mol. The molecule has 122 valence electrons. The number of allylic oxidation sites excluding steroid dienone is 1. The zero-order valence-corrected chi connectivity index (χ0v) is 13.5. The number of aromatic nitrogens is 2. The van der Waals surface area contributed by atoms with Crippen LogP contribution in [0.1, 0.15) is 31.1 Å². The molecule has 0 unspecified atom stereocenters. The summed E-state index contributed by atoms with van der Waals surface area (Å²) in [4.78, 5) is 26.4. The second-order valence-electron chi connectivity index (χ2n) is 4.28. The molecule has 0 N–H and O–H groups in total. The van der Waals surface area contributed by atoms with Gasteiger partial charge in [-0.3, -0.25) is 19.5 Å². The van der Waals surface area contributed by atoms with E-state index in [2.05, 4.69) is 4.98 Å². The van der Waals surface area contributed by atoms with E-state index in [9.17, 15) is 14.9 Å². The van der Waals surface area contributed by atoms with Crippen LogP contribution in [0, 0.1) is 10.1 Å². The van der Waals surface area contributed by atoms with Crippen LogP contribution in [-0.2, 0) is 0 Å². The molecule has 23 heavy (non-hydrogen) atoms. The van der Waals surface area contributed by atoms with Crippen molar-refractivity contribution in [1.29, 1.82) is 0 Å². The summed E-state index contributed by atoms with van der Waals surface area (Å²) in [6, 6.07) is 4.47. The van der Waals surface area contributed by atoms with Crippen LogP contribution < -0.4 is 4.74 Å². The number of hydrogen-bond donors (Lipinski definition) is 0. The van der Waals surface area contributed by atoms with E-state index in [4.69, 9.17) is 4.74 Å². The number of benzene rings is 1.